The molecule has 1 unspecified atom stereocenters. The van der Waals surface area contributed by atoms with Crippen LogP contribution in [-0.4, -0.2) is 36.5 Å². The van der Waals surface area contributed by atoms with Crippen LogP contribution in [0.3, 0.4) is 0 Å². The molecule has 0 aliphatic carbocycles. The number of carbonyl (C=O) groups is 2. The summed E-state index contributed by atoms with van der Waals surface area (Å²) in [7, 11) is 0. The molecule has 120 valence electrons. The van der Waals surface area contributed by atoms with Crippen LogP contribution in [0.4, 0.5) is 0 Å². The van der Waals surface area contributed by atoms with Gasteiger partial charge in [0.2, 0.25) is 11.8 Å². The topological polar surface area (TPSA) is 80.3 Å². The Bertz CT molecular complexity index is 702. The van der Waals surface area contributed by atoms with Gasteiger partial charge in [0.15, 0.2) is 0 Å². The summed E-state index contributed by atoms with van der Waals surface area (Å²) in [6, 6.07) is 9.63. The first-order valence-electron chi connectivity index (χ1n) is 7.75. The zero-order valence-corrected chi connectivity index (χ0v) is 12.7. The molecule has 1 saturated heterocycles. The van der Waals surface area contributed by atoms with Crippen LogP contribution in [0, 0.1) is 5.92 Å². The predicted octanol–water partition coefficient (Wildman–Crippen LogP) is 1.26. The molecule has 0 saturated carbocycles. The minimum atomic E-state index is -0.146. The number of ether oxygens (including phenoxy) is 1. The molecule has 0 spiro atoms. The number of nitrogens with zero attached hydrogens (tertiary/aromatic N) is 1. The summed E-state index contributed by atoms with van der Waals surface area (Å²) < 4.78 is 5.73. The first-order valence-corrected chi connectivity index (χ1v) is 7.75. The Hall–Kier alpha value is -2.63. The van der Waals surface area contributed by atoms with Gasteiger partial charge >= 0.3 is 0 Å². The molecule has 1 aromatic heterocycles. The molecule has 1 aliphatic heterocycles. The van der Waals surface area contributed by atoms with Crippen molar-refractivity contribution < 1.29 is 14.3 Å². The summed E-state index contributed by atoms with van der Waals surface area (Å²) in [6.07, 6.45) is 2.75. The third kappa shape index (κ3) is 3.77. The number of piperidine rings is 1. The van der Waals surface area contributed by atoms with Crippen molar-refractivity contribution in [1.82, 2.24) is 15.6 Å². The van der Waals surface area contributed by atoms with E-state index in [2.05, 4.69) is 15.6 Å². The molecule has 23 heavy (non-hydrogen) atoms. The molecule has 3 rings (SSSR count). The van der Waals surface area contributed by atoms with Crippen molar-refractivity contribution in [3.8, 4) is 5.75 Å². The Labute approximate surface area is 134 Å². The molecular weight excluding hydrogens is 294 g/mol. The van der Waals surface area contributed by atoms with Crippen LogP contribution >= 0.6 is 0 Å². The second kappa shape index (κ2) is 7.09. The SMILES string of the molecule is O=C1CCC(C(=O)NCCOc2cccc3cccnc23)CN1. The number of fused-ring (bicyclic) bond motifs is 1. The molecule has 2 aromatic rings. The molecule has 6 heteroatoms. The maximum atomic E-state index is 12.0. The van der Waals surface area contributed by atoms with E-state index in [1.165, 1.54) is 0 Å². The Morgan fingerprint density at radius 1 is 1.35 bits per heavy atom. The van der Waals surface area contributed by atoms with Crippen LogP contribution in [0.25, 0.3) is 10.9 Å². The molecule has 0 radical (unpaired) electrons. The Morgan fingerprint density at radius 2 is 2.22 bits per heavy atom. The molecule has 2 amide bonds. The quantitative estimate of drug-likeness (QED) is 0.814. The summed E-state index contributed by atoms with van der Waals surface area (Å²) in [4.78, 5) is 27.4. The average molecular weight is 313 g/mol. The van der Waals surface area contributed by atoms with Crippen LogP contribution in [0.15, 0.2) is 36.5 Å². The van der Waals surface area contributed by atoms with E-state index in [4.69, 9.17) is 4.74 Å². The Kier molecular flexibility index (Phi) is 4.71. The number of benzene rings is 1. The Morgan fingerprint density at radius 3 is 3.04 bits per heavy atom. The van der Waals surface area contributed by atoms with E-state index in [0.29, 0.717) is 38.3 Å². The third-order valence-corrected chi connectivity index (χ3v) is 3.89. The van der Waals surface area contributed by atoms with Gasteiger partial charge in [0.1, 0.15) is 17.9 Å². The first-order chi connectivity index (χ1) is 11.2. The molecular formula is C17H19N3O3. The van der Waals surface area contributed by atoms with Crippen molar-refractivity contribution in [2.45, 2.75) is 12.8 Å². The number of hydrogen-bond donors (Lipinski definition) is 2. The fourth-order valence-electron chi connectivity index (χ4n) is 2.63. The summed E-state index contributed by atoms with van der Waals surface area (Å²) in [5.41, 5.74) is 0.816. The number of aromatic nitrogens is 1. The van der Waals surface area contributed by atoms with Gasteiger partial charge in [-0.25, -0.2) is 0 Å². The highest BCUT2D eigenvalue weighted by molar-refractivity contribution is 5.84. The smallest absolute Gasteiger partial charge is 0.225 e. The summed E-state index contributed by atoms with van der Waals surface area (Å²) in [5.74, 6) is 0.541. The molecule has 0 bridgehead atoms. The van der Waals surface area contributed by atoms with Crippen molar-refractivity contribution in [3.63, 3.8) is 0 Å². The fraction of sp³-hybridized carbons (Fsp3) is 0.353. The molecule has 6 nitrogen and oxygen atoms in total. The maximum absolute atomic E-state index is 12.0. The van der Waals surface area contributed by atoms with Crippen LogP contribution in [0.2, 0.25) is 0 Å². The normalized spacial score (nSPS) is 17.6. The molecule has 1 aromatic carbocycles. The lowest BCUT2D eigenvalue weighted by Gasteiger charge is -2.21. The largest absolute Gasteiger partial charge is 0.489 e. The van der Waals surface area contributed by atoms with E-state index in [1.54, 1.807) is 6.20 Å². The number of nitrogens with one attached hydrogen (secondary N) is 2. The van der Waals surface area contributed by atoms with Crippen molar-refractivity contribution in [2.75, 3.05) is 19.7 Å². The minimum absolute atomic E-state index is 0.0147. The average Bonchev–Trinajstić information content (AvgIpc) is 2.59. The van der Waals surface area contributed by atoms with Gasteiger partial charge in [0.05, 0.1) is 12.5 Å². The summed E-state index contributed by atoms with van der Waals surface area (Å²) >= 11 is 0. The zero-order chi connectivity index (χ0) is 16.1. The van der Waals surface area contributed by atoms with Crippen molar-refractivity contribution in [1.29, 1.82) is 0 Å². The van der Waals surface area contributed by atoms with Crippen molar-refractivity contribution in [2.24, 2.45) is 5.92 Å². The number of pyridine rings is 1. The number of rotatable bonds is 5. The second-order valence-corrected chi connectivity index (χ2v) is 5.51. The zero-order valence-electron chi connectivity index (χ0n) is 12.7. The van der Waals surface area contributed by atoms with Gasteiger partial charge in [-0.3, -0.25) is 14.6 Å². The van der Waals surface area contributed by atoms with Gasteiger partial charge in [0, 0.05) is 24.5 Å². The molecule has 2 heterocycles. The highest BCUT2D eigenvalue weighted by Crippen LogP contribution is 2.22. The van der Waals surface area contributed by atoms with Gasteiger partial charge in [-0.05, 0) is 18.6 Å². The monoisotopic (exact) mass is 313 g/mol. The molecule has 2 N–H and O–H groups in total. The number of hydrogen-bond acceptors (Lipinski definition) is 4. The molecule has 1 fully saturated rings. The third-order valence-electron chi connectivity index (χ3n) is 3.89. The van der Waals surface area contributed by atoms with Crippen LogP contribution < -0.4 is 15.4 Å². The van der Waals surface area contributed by atoms with Gasteiger partial charge in [-0.1, -0.05) is 18.2 Å². The standard InChI is InChI=1S/C17H19N3O3/c21-15-7-6-13(11-20-15)17(22)19-9-10-23-14-5-1-3-12-4-2-8-18-16(12)14/h1-5,8,13H,6-7,9-11H2,(H,19,22)(H,20,21). The lowest BCUT2D eigenvalue weighted by molar-refractivity contribution is -0.129. The van der Waals surface area contributed by atoms with Gasteiger partial charge in [-0.2, -0.15) is 0 Å². The van der Waals surface area contributed by atoms with Gasteiger partial charge < -0.3 is 15.4 Å². The number of para-hydroxylation sites is 1. The summed E-state index contributed by atoms with van der Waals surface area (Å²) in [5, 5.41) is 6.58. The van der Waals surface area contributed by atoms with Crippen LogP contribution in [0.1, 0.15) is 12.8 Å². The number of amides is 2. The van der Waals surface area contributed by atoms with E-state index < -0.39 is 0 Å². The van der Waals surface area contributed by atoms with E-state index >= 15 is 0 Å². The summed E-state index contributed by atoms with van der Waals surface area (Å²) in [6.45, 7) is 1.21. The van der Waals surface area contributed by atoms with Crippen LogP contribution in [0.5, 0.6) is 5.75 Å². The first kappa shape index (κ1) is 15.3. The lowest BCUT2D eigenvalue weighted by atomic mass is 9.98. The van der Waals surface area contributed by atoms with E-state index in [-0.39, 0.29) is 17.7 Å². The van der Waals surface area contributed by atoms with E-state index in [0.717, 1.165) is 10.9 Å². The Balaban J connectivity index is 1.48. The lowest BCUT2D eigenvalue weighted by Crippen LogP contribution is -2.43. The van der Waals surface area contributed by atoms with Crippen molar-refractivity contribution >= 4 is 22.7 Å². The predicted molar refractivity (Wildman–Crippen MR) is 86.0 cm³/mol. The van der Waals surface area contributed by atoms with Crippen molar-refractivity contribution in [3.05, 3.63) is 36.5 Å². The maximum Gasteiger partial charge on any atom is 0.225 e. The van der Waals surface area contributed by atoms with E-state index in [1.807, 2.05) is 30.3 Å². The highest BCUT2D eigenvalue weighted by atomic mass is 16.5. The molecule has 1 atom stereocenters. The fourth-order valence-corrected chi connectivity index (χ4v) is 2.63. The highest BCUT2D eigenvalue weighted by Gasteiger charge is 2.23. The van der Waals surface area contributed by atoms with Gasteiger partial charge in [-0.15, -0.1) is 0 Å². The minimum Gasteiger partial charge on any atom is -0.489 e. The van der Waals surface area contributed by atoms with Crippen LogP contribution in [-0.2, 0) is 9.59 Å². The second-order valence-electron chi connectivity index (χ2n) is 5.51. The molecule has 1 aliphatic rings. The van der Waals surface area contributed by atoms with E-state index in [9.17, 15) is 9.59 Å². The number of carbonyl (C=O) groups excluding carboxylic acids is 2. The van der Waals surface area contributed by atoms with Gasteiger partial charge in [0.25, 0.3) is 0 Å².